The molecule has 0 saturated heterocycles. The first-order valence-electron chi connectivity index (χ1n) is 4.32. The molecule has 0 aliphatic heterocycles. The Kier molecular flexibility index (Phi) is 3.59. The van der Waals surface area contributed by atoms with Gasteiger partial charge in [0.1, 0.15) is 47.1 Å². The van der Waals surface area contributed by atoms with Gasteiger partial charge in [-0.2, -0.15) is 0 Å². The zero-order valence-corrected chi connectivity index (χ0v) is 9.22. The van der Waals surface area contributed by atoms with Gasteiger partial charge in [-0.25, -0.2) is 0 Å². The first-order valence-corrected chi connectivity index (χ1v) is 4.32. The average Bonchev–Trinajstić information content (AvgIpc) is 1.82. The highest BCUT2D eigenvalue weighted by molar-refractivity contribution is 6.70. The predicted octanol–water partition coefficient (Wildman–Crippen LogP) is -6.00. The van der Waals surface area contributed by atoms with Gasteiger partial charge in [-0.15, -0.1) is 0 Å². The highest BCUT2D eigenvalue weighted by Crippen LogP contribution is 2.16. The Balaban J connectivity index is 4.34. The Labute approximate surface area is 84.2 Å². The largest absolute Gasteiger partial charge is 0.395 e. The van der Waals surface area contributed by atoms with Crippen LogP contribution >= 0.6 is 0 Å². The SMILES string of the molecule is BC(B)(B)C(=O)OC(=O)C(B)(B)B. The van der Waals surface area contributed by atoms with Gasteiger partial charge in [0.2, 0.25) is 0 Å². The molecular weight excluding hydrogens is 161 g/mol. The van der Waals surface area contributed by atoms with E-state index in [0.29, 0.717) is 0 Å². The Hall–Kier alpha value is -0.470. The first-order chi connectivity index (χ1) is 5.55. The Bertz CT molecular complexity index is 201. The number of hydrogen-bond acceptors (Lipinski definition) is 3. The summed E-state index contributed by atoms with van der Waals surface area (Å²) < 4.78 is 4.70. The zero-order chi connectivity index (χ0) is 10.9. The molecule has 0 aromatic carbocycles. The van der Waals surface area contributed by atoms with Crippen LogP contribution in [0.2, 0.25) is 10.2 Å². The monoisotopic (exact) mass is 174 g/mol. The van der Waals surface area contributed by atoms with E-state index in [1.807, 2.05) is 0 Å². The first kappa shape index (κ1) is 12.5. The molecule has 64 valence electrons. The van der Waals surface area contributed by atoms with E-state index in [1.54, 1.807) is 47.1 Å². The van der Waals surface area contributed by atoms with Crippen LogP contribution in [0.1, 0.15) is 0 Å². The molecule has 0 spiro atoms. The van der Waals surface area contributed by atoms with Crippen molar-refractivity contribution in [1.29, 1.82) is 0 Å². The van der Waals surface area contributed by atoms with E-state index in [1.165, 1.54) is 0 Å². The summed E-state index contributed by atoms with van der Waals surface area (Å²) >= 11 is 0. The van der Waals surface area contributed by atoms with Gasteiger partial charge in [0, 0.05) is 0 Å². The van der Waals surface area contributed by atoms with Gasteiger partial charge in [0.15, 0.2) is 0 Å². The minimum Gasteiger partial charge on any atom is -0.395 e. The van der Waals surface area contributed by atoms with Crippen LogP contribution in [0.4, 0.5) is 0 Å². The molecule has 9 heteroatoms. The minimum absolute atomic E-state index is 0.479. The fraction of sp³-hybridized carbons (Fsp3) is 0.500. The molecule has 0 heterocycles. The molecular formula is C4H12B6O3. The van der Waals surface area contributed by atoms with Crippen LogP contribution in [-0.4, -0.2) is 59.0 Å². The van der Waals surface area contributed by atoms with E-state index in [4.69, 9.17) is 4.74 Å². The van der Waals surface area contributed by atoms with Crippen molar-refractivity contribution in [2.75, 3.05) is 0 Å². The van der Waals surface area contributed by atoms with Crippen LogP contribution in [0.5, 0.6) is 0 Å². The van der Waals surface area contributed by atoms with E-state index >= 15 is 0 Å². The number of esters is 2. The van der Waals surface area contributed by atoms with Crippen molar-refractivity contribution in [3.63, 3.8) is 0 Å². The summed E-state index contributed by atoms with van der Waals surface area (Å²) in [5.74, 6) is -0.958. The maximum absolute atomic E-state index is 11.3. The molecule has 0 rings (SSSR count). The average molecular weight is 173 g/mol. The van der Waals surface area contributed by atoms with Crippen molar-refractivity contribution in [3.05, 3.63) is 0 Å². The van der Waals surface area contributed by atoms with Crippen LogP contribution in [0.3, 0.4) is 0 Å². The Morgan fingerprint density at radius 3 is 1.15 bits per heavy atom. The van der Waals surface area contributed by atoms with E-state index < -0.39 is 22.2 Å². The van der Waals surface area contributed by atoms with E-state index in [2.05, 4.69) is 0 Å². The quantitative estimate of drug-likeness (QED) is 0.237. The normalized spacial score (nSPS) is 12.0. The highest BCUT2D eigenvalue weighted by Gasteiger charge is 2.30. The van der Waals surface area contributed by atoms with Gasteiger partial charge in [-0.3, -0.25) is 9.59 Å². The molecule has 0 saturated carbocycles. The molecule has 0 fully saturated rings. The smallest absolute Gasteiger partial charge is 0.296 e. The molecule has 0 radical (unpaired) electrons. The van der Waals surface area contributed by atoms with Crippen molar-refractivity contribution >= 4 is 59.0 Å². The molecule has 0 atom stereocenters. The van der Waals surface area contributed by atoms with Crippen molar-refractivity contribution in [1.82, 2.24) is 0 Å². The van der Waals surface area contributed by atoms with Gasteiger partial charge in [-0.05, 0) is 10.2 Å². The summed E-state index contributed by atoms with van der Waals surface area (Å²) in [4.78, 5) is 22.6. The van der Waals surface area contributed by atoms with Crippen LogP contribution in [0.15, 0.2) is 0 Å². The molecule has 0 aromatic rings. The Morgan fingerprint density at radius 1 is 0.769 bits per heavy atom. The third-order valence-corrected chi connectivity index (χ3v) is 1.41. The second kappa shape index (κ2) is 3.72. The maximum Gasteiger partial charge on any atom is 0.296 e. The van der Waals surface area contributed by atoms with Crippen LogP contribution < -0.4 is 0 Å². The topological polar surface area (TPSA) is 43.4 Å². The summed E-state index contributed by atoms with van der Waals surface area (Å²) in [5, 5.41) is -1.25. The minimum atomic E-state index is -0.624. The molecule has 0 aromatic heterocycles. The lowest BCUT2D eigenvalue weighted by Crippen LogP contribution is -2.35. The fourth-order valence-corrected chi connectivity index (χ4v) is 0.390. The van der Waals surface area contributed by atoms with Crippen LogP contribution in [0.25, 0.3) is 0 Å². The maximum atomic E-state index is 11.3. The number of carbonyl (C=O) groups excluding carboxylic acids is 2. The van der Waals surface area contributed by atoms with Crippen molar-refractivity contribution in [3.8, 4) is 0 Å². The van der Waals surface area contributed by atoms with Gasteiger partial charge < -0.3 is 4.74 Å². The second-order valence-electron chi connectivity index (χ2n) is 5.18. The molecule has 0 aliphatic carbocycles. The van der Waals surface area contributed by atoms with Crippen LogP contribution in [-0.2, 0) is 14.3 Å². The third-order valence-electron chi connectivity index (χ3n) is 1.41. The third kappa shape index (κ3) is 4.34. The molecule has 0 N–H and O–H groups in total. The fourth-order valence-electron chi connectivity index (χ4n) is 0.390. The van der Waals surface area contributed by atoms with Gasteiger partial charge >= 0.3 is 0 Å². The van der Waals surface area contributed by atoms with Crippen molar-refractivity contribution < 1.29 is 14.3 Å². The second-order valence-corrected chi connectivity index (χ2v) is 5.18. The van der Waals surface area contributed by atoms with Gasteiger partial charge in [0.25, 0.3) is 11.9 Å². The molecule has 0 aliphatic rings. The van der Waals surface area contributed by atoms with Gasteiger partial charge in [-0.1, -0.05) is 0 Å². The van der Waals surface area contributed by atoms with E-state index in [0.717, 1.165) is 0 Å². The Morgan fingerprint density at radius 2 is 1.00 bits per heavy atom. The van der Waals surface area contributed by atoms with E-state index in [-0.39, 0.29) is 0 Å². The number of carbonyl (C=O) groups is 2. The lowest BCUT2D eigenvalue weighted by atomic mass is 9.42. The summed E-state index contributed by atoms with van der Waals surface area (Å²) in [7, 11) is 10.3. The lowest BCUT2D eigenvalue weighted by molar-refractivity contribution is -0.158. The summed E-state index contributed by atoms with van der Waals surface area (Å²) in [6.07, 6.45) is 0. The summed E-state index contributed by atoms with van der Waals surface area (Å²) in [6.45, 7) is 0. The molecule has 3 nitrogen and oxygen atoms in total. The summed E-state index contributed by atoms with van der Waals surface area (Å²) in [6, 6.07) is 0. The van der Waals surface area contributed by atoms with E-state index in [9.17, 15) is 9.59 Å². The number of hydrogen-bond donors (Lipinski definition) is 0. The summed E-state index contributed by atoms with van der Waals surface area (Å²) in [5.41, 5.74) is 0. The molecule has 13 heavy (non-hydrogen) atoms. The zero-order valence-electron chi connectivity index (χ0n) is 9.22. The van der Waals surface area contributed by atoms with Gasteiger partial charge in [0.05, 0.1) is 0 Å². The van der Waals surface area contributed by atoms with Crippen molar-refractivity contribution in [2.45, 2.75) is 10.2 Å². The van der Waals surface area contributed by atoms with Crippen molar-refractivity contribution in [2.24, 2.45) is 0 Å². The molecule has 0 unspecified atom stereocenters. The van der Waals surface area contributed by atoms with Crippen LogP contribution in [0, 0.1) is 0 Å². The standard InChI is InChI=1S/C4H12B6O3/c5-3(6,7)1(11)13-2(12)4(8,9)10/h5-10H2. The highest BCUT2D eigenvalue weighted by atomic mass is 16.6. The predicted molar refractivity (Wildman–Crippen MR) is 67.7 cm³/mol. The molecule has 0 amide bonds. The lowest BCUT2D eigenvalue weighted by Gasteiger charge is -2.20. The number of rotatable bonds is 2. The number of ether oxygens (including phenoxy) is 1. The molecule has 0 bridgehead atoms.